The summed E-state index contributed by atoms with van der Waals surface area (Å²) in [5, 5.41) is 16.9. The molecule has 2 amide bonds. The largest absolute Gasteiger partial charge is 0.480 e. The Labute approximate surface area is 88.4 Å². The molecular formula is C9H17N3O3. The number of urea groups is 1. The van der Waals surface area contributed by atoms with Crippen LogP contribution in [0.25, 0.3) is 0 Å². The van der Waals surface area contributed by atoms with Crippen LogP contribution in [0.1, 0.15) is 19.8 Å². The van der Waals surface area contributed by atoms with E-state index in [0.29, 0.717) is 0 Å². The van der Waals surface area contributed by atoms with E-state index in [9.17, 15) is 9.59 Å². The number of amides is 2. The highest BCUT2D eigenvalue weighted by Crippen LogP contribution is 2.01. The quantitative estimate of drug-likeness (QED) is 0.511. The van der Waals surface area contributed by atoms with E-state index in [2.05, 4.69) is 16.0 Å². The van der Waals surface area contributed by atoms with Gasteiger partial charge in [-0.25, -0.2) is 4.79 Å². The normalized spacial score (nSPS) is 19.3. The van der Waals surface area contributed by atoms with Crippen molar-refractivity contribution in [3.8, 4) is 0 Å². The zero-order valence-corrected chi connectivity index (χ0v) is 8.75. The van der Waals surface area contributed by atoms with Crippen LogP contribution in [0.5, 0.6) is 0 Å². The lowest BCUT2D eigenvalue weighted by atomic mass is 10.1. The number of carboxylic acids is 1. The third-order valence-corrected chi connectivity index (χ3v) is 2.39. The van der Waals surface area contributed by atoms with Crippen LogP contribution in [0.4, 0.5) is 4.79 Å². The summed E-state index contributed by atoms with van der Waals surface area (Å²) >= 11 is 0. The van der Waals surface area contributed by atoms with E-state index >= 15 is 0 Å². The summed E-state index contributed by atoms with van der Waals surface area (Å²) in [6.07, 6.45) is 1.77. The zero-order chi connectivity index (χ0) is 11.3. The Morgan fingerprint density at radius 2 is 2.00 bits per heavy atom. The van der Waals surface area contributed by atoms with E-state index in [-0.39, 0.29) is 6.04 Å². The van der Waals surface area contributed by atoms with Crippen LogP contribution < -0.4 is 16.0 Å². The Morgan fingerprint density at radius 1 is 1.40 bits per heavy atom. The van der Waals surface area contributed by atoms with Crippen molar-refractivity contribution in [2.75, 3.05) is 13.1 Å². The van der Waals surface area contributed by atoms with Crippen LogP contribution >= 0.6 is 0 Å². The molecule has 0 aromatic carbocycles. The number of carbonyl (C=O) groups is 2. The second kappa shape index (κ2) is 5.55. The first kappa shape index (κ1) is 11.8. The molecule has 1 unspecified atom stereocenters. The summed E-state index contributed by atoms with van der Waals surface area (Å²) < 4.78 is 0. The van der Waals surface area contributed by atoms with Crippen molar-refractivity contribution in [3.05, 3.63) is 0 Å². The number of hydrogen-bond donors (Lipinski definition) is 4. The van der Waals surface area contributed by atoms with Crippen LogP contribution in [0, 0.1) is 0 Å². The number of rotatable bonds is 3. The molecule has 1 atom stereocenters. The highest BCUT2D eigenvalue weighted by molar-refractivity contribution is 5.82. The molecule has 1 fully saturated rings. The molecule has 4 N–H and O–H groups in total. The van der Waals surface area contributed by atoms with Gasteiger partial charge in [0, 0.05) is 6.04 Å². The average Bonchev–Trinajstić information content (AvgIpc) is 2.18. The molecule has 86 valence electrons. The van der Waals surface area contributed by atoms with E-state index in [1.165, 1.54) is 6.92 Å². The van der Waals surface area contributed by atoms with Gasteiger partial charge in [-0.05, 0) is 32.9 Å². The number of hydrogen-bond acceptors (Lipinski definition) is 3. The summed E-state index contributed by atoms with van der Waals surface area (Å²) in [7, 11) is 0. The van der Waals surface area contributed by atoms with Crippen molar-refractivity contribution in [2.24, 2.45) is 0 Å². The molecule has 0 saturated carbocycles. The molecule has 0 aliphatic carbocycles. The zero-order valence-electron chi connectivity index (χ0n) is 8.75. The Morgan fingerprint density at radius 3 is 2.53 bits per heavy atom. The van der Waals surface area contributed by atoms with Gasteiger partial charge in [0.25, 0.3) is 0 Å². The minimum Gasteiger partial charge on any atom is -0.480 e. The summed E-state index contributed by atoms with van der Waals surface area (Å²) in [5.41, 5.74) is 0. The number of nitrogens with one attached hydrogen (secondary N) is 3. The summed E-state index contributed by atoms with van der Waals surface area (Å²) in [6.45, 7) is 3.21. The highest BCUT2D eigenvalue weighted by Gasteiger charge is 2.18. The van der Waals surface area contributed by atoms with Crippen molar-refractivity contribution in [1.29, 1.82) is 0 Å². The van der Waals surface area contributed by atoms with Gasteiger partial charge in [0.15, 0.2) is 0 Å². The maximum atomic E-state index is 11.3. The molecule has 1 heterocycles. The second-order valence-electron chi connectivity index (χ2n) is 3.70. The molecule has 0 aromatic rings. The first-order valence-corrected chi connectivity index (χ1v) is 5.10. The predicted molar refractivity (Wildman–Crippen MR) is 54.7 cm³/mol. The minimum atomic E-state index is -1.03. The van der Waals surface area contributed by atoms with Crippen LogP contribution in [0.2, 0.25) is 0 Å². The molecule has 0 radical (unpaired) electrons. The molecule has 1 saturated heterocycles. The van der Waals surface area contributed by atoms with E-state index in [0.717, 1.165) is 25.9 Å². The SMILES string of the molecule is CC(NC(=O)NC1CCNCC1)C(=O)O. The van der Waals surface area contributed by atoms with Gasteiger partial charge in [-0.3, -0.25) is 4.79 Å². The molecule has 1 aliphatic heterocycles. The van der Waals surface area contributed by atoms with Crippen LogP contribution in [-0.2, 0) is 4.79 Å². The lowest BCUT2D eigenvalue weighted by Crippen LogP contribution is -2.50. The lowest BCUT2D eigenvalue weighted by molar-refractivity contribution is -0.138. The van der Waals surface area contributed by atoms with Gasteiger partial charge < -0.3 is 21.1 Å². The summed E-state index contributed by atoms with van der Waals surface area (Å²) in [4.78, 5) is 21.8. The third-order valence-electron chi connectivity index (χ3n) is 2.39. The first-order chi connectivity index (χ1) is 7.09. The van der Waals surface area contributed by atoms with Crippen molar-refractivity contribution < 1.29 is 14.7 Å². The van der Waals surface area contributed by atoms with Crippen molar-refractivity contribution >= 4 is 12.0 Å². The summed E-state index contributed by atoms with van der Waals surface area (Å²) in [5.74, 6) is -1.03. The number of carboxylic acid groups (broad SMARTS) is 1. The molecule has 1 rings (SSSR count). The standard InChI is InChI=1S/C9H17N3O3/c1-6(8(13)14)11-9(15)12-7-2-4-10-5-3-7/h6-7,10H,2-5H2,1H3,(H,13,14)(H2,11,12,15). The Kier molecular flexibility index (Phi) is 4.36. The first-order valence-electron chi connectivity index (χ1n) is 5.10. The van der Waals surface area contributed by atoms with E-state index in [4.69, 9.17) is 5.11 Å². The molecule has 6 heteroatoms. The van der Waals surface area contributed by atoms with Crippen LogP contribution in [-0.4, -0.2) is 42.3 Å². The van der Waals surface area contributed by atoms with E-state index < -0.39 is 18.0 Å². The van der Waals surface area contributed by atoms with E-state index in [1.54, 1.807) is 0 Å². The minimum absolute atomic E-state index is 0.146. The molecule has 0 bridgehead atoms. The molecule has 15 heavy (non-hydrogen) atoms. The number of carbonyl (C=O) groups excluding carboxylic acids is 1. The number of aliphatic carboxylic acids is 1. The van der Waals surface area contributed by atoms with Gasteiger partial charge in [0.2, 0.25) is 0 Å². The smallest absolute Gasteiger partial charge is 0.325 e. The maximum absolute atomic E-state index is 11.3. The van der Waals surface area contributed by atoms with Gasteiger partial charge in [-0.2, -0.15) is 0 Å². The van der Waals surface area contributed by atoms with Crippen molar-refractivity contribution in [1.82, 2.24) is 16.0 Å². The Balaban J connectivity index is 2.25. The fourth-order valence-corrected chi connectivity index (χ4v) is 1.45. The van der Waals surface area contributed by atoms with Crippen LogP contribution in [0.3, 0.4) is 0 Å². The van der Waals surface area contributed by atoms with Gasteiger partial charge in [-0.15, -0.1) is 0 Å². The fourth-order valence-electron chi connectivity index (χ4n) is 1.45. The predicted octanol–water partition coefficient (Wildman–Crippen LogP) is -0.489. The van der Waals surface area contributed by atoms with Crippen molar-refractivity contribution in [3.63, 3.8) is 0 Å². The fraction of sp³-hybridized carbons (Fsp3) is 0.778. The van der Waals surface area contributed by atoms with Gasteiger partial charge >= 0.3 is 12.0 Å². The second-order valence-corrected chi connectivity index (χ2v) is 3.70. The van der Waals surface area contributed by atoms with Crippen LogP contribution in [0.15, 0.2) is 0 Å². The topological polar surface area (TPSA) is 90.5 Å². The number of piperidine rings is 1. The van der Waals surface area contributed by atoms with Gasteiger partial charge in [0.1, 0.15) is 6.04 Å². The van der Waals surface area contributed by atoms with E-state index in [1.807, 2.05) is 0 Å². The average molecular weight is 215 g/mol. The van der Waals surface area contributed by atoms with Crippen molar-refractivity contribution in [2.45, 2.75) is 31.8 Å². The molecule has 0 spiro atoms. The molecule has 6 nitrogen and oxygen atoms in total. The summed E-state index contributed by atoms with van der Waals surface area (Å²) in [6, 6.07) is -1.12. The molecular weight excluding hydrogens is 198 g/mol. The maximum Gasteiger partial charge on any atom is 0.325 e. The van der Waals surface area contributed by atoms with Gasteiger partial charge in [0.05, 0.1) is 0 Å². The Bertz CT molecular complexity index is 239. The molecule has 0 aromatic heterocycles. The monoisotopic (exact) mass is 215 g/mol. The Hall–Kier alpha value is -1.30. The lowest BCUT2D eigenvalue weighted by Gasteiger charge is -2.24. The molecule has 1 aliphatic rings. The highest BCUT2D eigenvalue weighted by atomic mass is 16.4. The van der Waals surface area contributed by atoms with Gasteiger partial charge in [-0.1, -0.05) is 0 Å². The third kappa shape index (κ3) is 4.16.